The molecule has 1 heterocycles. The largest absolute Gasteiger partial charge is 0.508 e. The van der Waals surface area contributed by atoms with Crippen molar-refractivity contribution in [2.75, 3.05) is 0 Å². The molecule has 0 aliphatic rings. The number of phenols is 2. The molecule has 0 fully saturated rings. The zero-order valence-corrected chi connectivity index (χ0v) is 11.6. The molecule has 0 bridgehead atoms. The van der Waals surface area contributed by atoms with Gasteiger partial charge in [-0.1, -0.05) is 24.2 Å². The summed E-state index contributed by atoms with van der Waals surface area (Å²) in [4.78, 5) is 0. The number of para-hydroxylation sites is 1. The average molecular weight is 281 g/mol. The number of nitrogens with zero attached hydrogens (tertiary/aromatic N) is 1. The fraction of sp³-hybridized carbons (Fsp3) is 0.118. The molecule has 3 aromatic rings. The van der Waals surface area contributed by atoms with E-state index in [1.54, 1.807) is 42.5 Å². The molecule has 106 valence electrons. The number of aromatic nitrogens is 1. The predicted octanol–water partition coefficient (Wildman–Crippen LogP) is 3.98. The summed E-state index contributed by atoms with van der Waals surface area (Å²) in [5, 5.41) is 23.5. The summed E-state index contributed by atoms with van der Waals surface area (Å²) in [6.07, 6.45) is 0.726. The van der Waals surface area contributed by atoms with E-state index in [-0.39, 0.29) is 11.5 Å². The van der Waals surface area contributed by atoms with Gasteiger partial charge in [-0.3, -0.25) is 0 Å². The Bertz CT molecular complexity index is 760. The standard InChI is InChI=1S/C17H15NO3/c1-2-13-16(11-7-9-12(19)10-8-11)18-21-17(13)14-5-3-4-6-15(14)20/h3-10,19-20H,2H2,1H3. The van der Waals surface area contributed by atoms with Crippen LogP contribution in [0.1, 0.15) is 12.5 Å². The minimum Gasteiger partial charge on any atom is -0.508 e. The van der Waals surface area contributed by atoms with Crippen molar-refractivity contribution in [3.8, 4) is 34.1 Å². The number of benzene rings is 2. The first-order valence-corrected chi connectivity index (χ1v) is 6.77. The first-order chi connectivity index (χ1) is 10.2. The number of aromatic hydroxyl groups is 2. The SMILES string of the molecule is CCc1c(-c2ccc(O)cc2)noc1-c1ccccc1O. The van der Waals surface area contributed by atoms with Gasteiger partial charge < -0.3 is 14.7 Å². The Balaban J connectivity index is 2.13. The molecule has 0 atom stereocenters. The van der Waals surface area contributed by atoms with Crippen LogP contribution < -0.4 is 0 Å². The molecule has 0 radical (unpaired) electrons. The average Bonchev–Trinajstić information content (AvgIpc) is 2.92. The lowest BCUT2D eigenvalue weighted by molar-refractivity contribution is 0.427. The van der Waals surface area contributed by atoms with Gasteiger partial charge >= 0.3 is 0 Å². The Morgan fingerprint density at radius 2 is 1.71 bits per heavy atom. The van der Waals surface area contributed by atoms with Crippen LogP contribution in [-0.4, -0.2) is 15.4 Å². The topological polar surface area (TPSA) is 66.5 Å². The number of rotatable bonds is 3. The van der Waals surface area contributed by atoms with Crippen LogP contribution in [0, 0.1) is 0 Å². The highest BCUT2D eigenvalue weighted by molar-refractivity contribution is 5.75. The van der Waals surface area contributed by atoms with Gasteiger partial charge in [0.2, 0.25) is 0 Å². The maximum absolute atomic E-state index is 9.98. The third-order valence-corrected chi connectivity index (χ3v) is 3.43. The third-order valence-electron chi connectivity index (χ3n) is 3.43. The molecule has 0 spiro atoms. The summed E-state index contributed by atoms with van der Waals surface area (Å²) in [5.41, 5.74) is 3.17. The summed E-state index contributed by atoms with van der Waals surface area (Å²) < 4.78 is 5.47. The van der Waals surface area contributed by atoms with Gasteiger partial charge in [-0.05, 0) is 42.8 Å². The highest BCUT2D eigenvalue weighted by Crippen LogP contribution is 2.36. The van der Waals surface area contributed by atoms with Gasteiger partial charge in [0.25, 0.3) is 0 Å². The Hall–Kier alpha value is -2.75. The first kappa shape index (κ1) is 13.2. The Kier molecular flexibility index (Phi) is 3.36. The fourth-order valence-corrected chi connectivity index (χ4v) is 2.36. The molecule has 0 unspecified atom stereocenters. The minimum atomic E-state index is 0.167. The van der Waals surface area contributed by atoms with Crippen molar-refractivity contribution in [1.29, 1.82) is 0 Å². The van der Waals surface area contributed by atoms with Crippen molar-refractivity contribution < 1.29 is 14.7 Å². The van der Waals surface area contributed by atoms with Crippen LogP contribution >= 0.6 is 0 Å². The van der Waals surface area contributed by atoms with Crippen LogP contribution in [0.2, 0.25) is 0 Å². The second kappa shape index (κ2) is 5.32. The van der Waals surface area contributed by atoms with Crippen LogP contribution in [0.25, 0.3) is 22.6 Å². The number of hydrogen-bond acceptors (Lipinski definition) is 4. The Labute approximate surface area is 122 Å². The van der Waals surface area contributed by atoms with Crippen LogP contribution in [0.15, 0.2) is 53.1 Å². The van der Waals surface area contributed by atoms with Crippen LogP contribution in [0.4, 0.5) is 0 Å². The van der Waals surface area contributed by atoms with Crippen molar-refractivity contribution >= 4 is 0 Å². The van der Waals surface area contributed by atoms with Gasteiger partial charge in [0.15, 0.2) is 5.76 Å². The van der Waals surface area contributed by atoms with E-state index in [2.05, 4.69) is 5.16 Å². The van der Waals surface area contributed by atoms with Crippen LogP contribution in [0.3, 0.4) is 0 Å². The maximum atomic E-state index is 9.98. The molecule has 0 amide bonds. The van der Waals surface area contributed by atoms with Crippen molar-refractivity contribution in [3.05, 3.63) is 54.1 Å². The highest BCUT2D eigenvalue weighted by Gasteiger charge is 2.19. The molecular weight excluding hydrogens is 266 g/mol. The molecule has 0 saturated carbocycles. The zero-order chi connectivity index (χ0) is 14.8. The second-order valence-corrected chi connectivity index (χ2v) is 4.76. The van der Waals surface area contributed by atoms with Gasteiger partial charge in [-0.2, -0.15) is 0 Å². The van der Waals surface area contributed by atoms with Gasteiger partial charge in [-0.25, -0.2) is 0 Å². The van der Waals surface area contributed by atoms with E-state index in [1.807, 2.05) is 13.0 Å². The molecule has 0 aliphatic carbocycles. The second-order valence-electron chi connectivity index (χ2n) is 4.76. The van der Waals surface area contributed by atoms with E-state index in [4.69, 9.17) is 4.52 Å². The molecule has 2 aromatic carbocycles. The molecular formula is C17H15NO3. The zero-order valence-electron chi connectivity index (χ0n) is 11.6. The summed E-state index contributed by atoms with van der Waals surface area (Å²) in [5.74, 6) is 0.959. The molecule has 3 rings (SSSR count). The quantitative estimate of drug-likeness (QED) is 0.762. The van der Waals surface area contributed by atoms with E-state index in [0.717, 1.165) is 23.2 Å². The third kappa shape index (κ3) is 2.36. The van der Waals surface area contributed by atoms with Crippen molar-refractivity contribution in [2.24, 2.45) is 0 Å². The molecule has 1 aromatic heterocycles. The summed E-state index contributed by atoms with van der Waals surface area (Å²) in [7, 11) is 0. The lowest BCUT2D eigenvalue weighted by atomic mass is 10.00. The predicted molar refractivity (Wildman–Crippen MR) is 80.1 cm³/mol. The summed E-state index contributed by atoms with van der Waals surface area (Å²) >= 11 is 0. The lowest BCUT2D eigenvalue weighted by Crippen LogP contribution is -1.87. The molecule has 4 heteroatoms. The van der Waals surface area contributed by atoms with Crippen molar-refractivity contribution in [3.63, 3.8) is 0 Å². The number of hydrogen-bond donors (Lipinski definition) is 2. The fourth-order valence-electron chi connectivity index (χ4n) is 2.36. The lowest BCUT2D eigenvalue weighted by Gasteiger charge is -2.03. The monoisotopic (exact) mass is 281 g/mol. The molecule has 0 saturated heterocycles. The molecule has 2 N–H and O–H groups in total. The van der Waals surface area contributed by atoms with Gasteiger partial charge in [-0.15, -0.1) is 0 Å². The summed E-state index contributed by atoms with van der Waals surface area (Å²) in [6.45, 7) is 2.01. The van der Waals surface area contributed by atoms with Crippen molar-refractivity contribution in [1.82, 2.24) is 5.16 Å². The van der Waals surface area contributed by atoms with E-state index in [1.165, 1.54) is 0 Å². The highest BCUT2D eigenvalue weighted by atomic mass is 16.5. The van der Waals surface area contributed by atoms with Gasteiger partial charge in [0.05, 0.1) is 5.56 Å². The van der Waals surface area contributed by atoms with E-state index < -0.39 is 0 Å². The van der Waals surface area contributed by atoms with E-state index in [9.17, 15) is 10.2 Å². The molecule has 4 nitrogen and oxygen atoms in total. The number of phenolic OH excluding ortho intramolecular Hbond substituents is 2. The maximum Gasteiger partial charge on any atom is 0.174 e. The van der Waals surface area contributed by atoms with E-state index in [0.29, 0.717) is 11.3 Å². The summed E-state index contributed by atoms with van der Waals surface area (Å²) in [6, 6.07) is 13.8. The molecule has 0 aliphatic heterocycles. The van der Waals surface area contributed by atoms with E-state index >= 15 is 0 Å². The Morgan fingerprint density at radius 1 is 1.00 bits per heavy atom. The van der Waals surface area contributed by atoms with Gasteiger partial charge in [0, 0.05) is 11.1 Å². The minimum absolute atomic E-state index is 0.167. The smallest absolute Gasteiger partial charge is 0.174 e. The van der Waals surface area contributed by atoms with Crippen molar-refractivity contribution in [2.45, 2.75) is 13.3 Å². The van der Waals surface area contributed by atoms with Crippen LogP contribution in [-0.2, 0) is 6.42 Å². The van der Waals surface area contributed by atoms with Gasteiger partial charge in [0.1, 0.15) is 17.2 Å². The van der Waals surface area contributed by atoms with Crippen LogP contribution in [0.5, 0.6) is 11.5 Å². The normalized spacial score (nSPS) is 10.7. The Morgan fingerprint density at radius 3 is 2.38 bits per heavy atom. The first-order valence-electron chi connectivity index (χ1n) is 6.77. The molecule has 21 heavy (non-hydrogen) atoms.